The molecule has 0 aromatic carbocycles. The summed E-state index contributed by atoms with van der Waals surface area (Å²) in [5.41, 5.74) is 1.08. The Hall–Kier alpha value is -1.14. The molecule has 6 heteroatoms. The van der Waals surface area contributed by atoms with Gasteiger partial charge in [-0.2, -0.15) is 0 Å². The zero-order chi connectivity index (χ0) is 15.6. The van der Waals surface area contributed by atoms with Crippen LogP contribution < -0.4 is 5.32 Å². The number of carbonyl (C=O) groups excluding carboxylic acids is 1. The Balaban J connectivity index is 2.12. The van der Waals surface area contributed by atoms with Crippen molar-refractivity contribution in [3.05, 3.63) is 16.1 Å². The minimum atomic E-state index is -0.0824. The van der Waals surface area contributed by atoms with Crippen LogP contribution in [0.4, 0.5) is 4.79 Å². The second-order valence-electron chi connectivity index (χ2n) is 6.23. The van der Waals surface area contributed by atoms with Crippen molar-refractivity contribution in [2.45, 2.75) is 38.1 Å². The summed E-state index contributed by atoms with van der Waals surface area (Å²) in [6.07, 6.45) is 1.82. The van der Waals surface area contributed by atoms with E-state index in [9.17, 15) is 4.79 Å². The third-order valence-corrected chi connectivity index (χ3v) is 5.34. The Morgan fingerprint density at radius 1 is 1.43 bits per heavy atom. The highest BCUT2D eigenvalue weighted by molar-refractivity contribution is 7.09. The lowest BCUT2D eigenvalue weighted by atomic mass is 9.88. The predicted octanol–water partition coefficient (Wildman–Crippen LogP) is 2.46. The van der Waals surface area contributed by atoms with Gasteiger partial charge in [0.25, 0.3) is 0 Å². The molecule has 0 aliphatic carbocycles. The molecule has 2 amide bonds. The molecule has 1 aliphatic heterocycles. The van der Waals surface area contributed by atoms with Crippen LogP contribution in [0.5, 0.6) is 0 Å². The van der Waals surface area contributed by atoms with Crippen molar-refractivity contribution in [2.75, 3.05) is 34.2 Å². The van der Waals surface area contributed by atoms with Crippen LogP contribution in [0.1, 0.15) is 43.3 Å². The van der Waals surface area contributed by atoms with Gasteiger partial charge < -0.3 is 15.1 Å². The molecule has 5 nitrogen and oxygen atoms in total. The average molecular weight is 310 g/mol. The molecule has 0 radical (unpaired) electrons. The van der Waals surface area contributed by atoms with Crippen LogP contribution in [-0.2, 0) is 5.54 Å². The van der Waals surface area contributed by atoms with Gasteiger partial charge in [-0.05, 0) is 25.8 Å². The fourth-order valence-corrected chi connectivity index (χ4v) is 3.95. The molecule has 1 N–H and O–H groups in total. The van der Waals surface area contributed by atoms with E-state index in [4.69, 9.17) is 4.98 Å². The largest absolute Gasteiger partial charge is 0.331 e. The van der Waals surface area contributed by atoms with Crippen molar-refractivity contribution in [1.82, 2.24) is 20.1 Å². The van der Waals surface area contributed by atoms with E-state index in [0.29, 0.717) is 5.92 Å². The Morgan fingerprint density at radius 2 is 2.05 bits per heavy atom. The Labute approximate surface area is 131 Å². The van der Waals surface area contributed by atoms with Crippen molar-refractivity contribution < 1.29 is 4.79 Å². The third kappa shape index (κ3) is 3.21. The first-order valence-electron chi connectivity index (χ1n) is 7.50. The quantitative estimate of drug-likeness (QED) is 0.933. The van der Waals surface area contributed by atoms with E-state index in [1.165, 1.54) is 0 Å². The van der Waals surface area contributed by atoms with Crippen LogP contribution in [0, 0.1) is 0 Å². The normalized spacial score (nSPS) is 18.1. The summed E-state index contributed by atoms with van der Waals surface area (Å²) >= 11 is 1.74. The summed E-state index contributed by atoms with van der Waals surface area (Å²) in [6, 6.07) is 0.0988. The maximum absolute atomic E-state index is 12.0. The molecule has 0 saturated carbocycles. The zero-order valence-electron chi connectivity index (χ0n) is 13.6. The molecule has 0 unspecified atom stereocenters. The standard InChI is InChI=1S/C15H26N4OS/c1-11(2)12-10-21-13(17-12)15(16-3)6-8-19(9-7-15)14(20)18(4)5/h10-11,16H,6-9H2,1-5H3. The summed E-state index contributed by atoms with van der Waals surface area (Å²) in [5.74, 6) is 0.458. The van der Waals surface area contributed by atoms with Crippen LogP contribution >= 0.6 is 11.3 Å². The predicted molar refractivity (Wildman–Crippen MR) is 86.8 cm³/mol. The lowest BCUT2D eigenvalue weighted by molar-refractivity contribution is 0.127. The SMILES string of the molecule is CNC1(c2nc(C(C)C)cs2)CCN(C(=O)N(C)C)CC1. The highest BCUT2D eigenvalue weighted by Crippen LogP contribution is 2.35. The van der Waals surface area contributed by atoms with Crippen LogP contribution in [0.3, 0.4) is 0 Å². The summed E-state index contributed by atoms with van der Waals surface area (Å²) in [4.78, 5) is 20.4. The topological polar surface area (TPSA) is 48.5 Å². The third-order valence-electron chi connectivity index (χ3n) is 4.27. The minimum Gasteiger partial charge on any atom is -0.331 e. The maximum atomic E-state index is 12.0. The highest BCUT2D eigenvalue weighted by Gasteiger charge is 2.38. The van der Waals surface area contributed by atoms with Gasteiger partial charge in [0.05, 0.1) is 11.2 Å². The summed E-state index contributed by atoms with van der Waals surface area (Å²) in [7, 11) is 5.61. The molecule has 0 atom stereocenters. The second-order valence-corrected chi connectivity index (χ2v) is 7.09. The molecule has 0 spiro atoms. The first-order valence-corrected chi connectivity index (χ1v) is 8.38. The van der Waals surface area contributed by atoms with Crippen LogP contribution in [0.2, 0.25) is 0 Å². The first-order chi connectivity index (χ1) is 9.89. The van der Waals surface area contributed by atoms with Gasteiger partial charge in [-0.15, -0.1) is 11.3 Å². The number of likely N-dealkylation sites (tertiary alicyclic amines) is 1. The number of rotatable bonds is 3. The number of hydrogen-bond acceptors (Lipinski definition) is 4. The number of nitrogens with one attached hydrogen (secondary N) is 1. The lowest BCUT2D eigenvalue weighted by Crippen LogP contribution is -2.53. The Kier molecular flexibility index (Phi) is 4.88. The monoisotopic (exact) mass is 310 g/mol. The number of piperidine rings is 1. The van der Waals surface area contributed by atoms with Crippen molar-refractivity contribution in [3.63, 3.8) is 0 Å². The van der Waals surface area contributed by atoms with Crippen LogP contribution in [0.15, 0.2) is 5.38 Å². The van der Waals surface area contributed by atoms with Crippen molar-refractivity contribution >= 4 is 17.4 Å². The van der Waals surface area contributed by atoms with E-state index in [2.05, 4.69) is 24.5 Å². The van der Waals surface area contributed by atoms with Crippen molar-refractivity contribution in [3.8, 4) is 0 Å². The number of aromatic nitrogens is 1. The summed E-state index contributed by atoms with van der Waals surface area (Å²) in [6.45, 7) is 5.88. The van der Waals surface area contributed by atoms with Gasteiger partial charge in [-0.25, -0.2) is 9.78 Å². The van der Waals surface area contributed by atoms with Crippen LogP contribution in [0.25, 0.3) is 0 Å². The molecule has 21 heavy (non-hydrogen) atoms. The number of carbonyl (C=O) groups is 1. The molecule has 2 heterocycles. The fraction of sp³-hybridized carbons (Fsp3) is 0.733. The number of thiazole rings is 1. The first kappa shape index (κ1) is 16.2. The summed E-state index contributed by atoms with van der Waals surface area (Å²) in [5, 5.41) is 6.79. The van der Waals surface area contributed by atoms with Gasteiger partial charge in [0.1, 0.15) is 5.01 Å². The van der Waals surface area contributed by atoms with E-state index in [1.54, 1.807) is 30.3 Å². The van der Waals surface area contributed by atoms with E-state index in [1.807, 2.05) is 11.9 Å². The number of nitrogens with zero attached hydrogens (tertiary/aromatic N) is 3. The van der Waals surface area contributed by atoms with E-state index >= 15 is 0 Å². The maximum Gasteiger partial charge on any atom is 0.319 e. The fourth-order valence-electron chi connectivity index (χ4n) is 2.70. The van der Waals surface area contributed by atoms with E-state index in [0.717, 1.165) is 36.6 Å². The highest BCUT2D eigenvalue weighted by atomic mass is 32.1. The number of urea groups is 1. The van der Waals surface area contributed by atoms with Gasteiger partial charge in [0, 0.05) is 32.6 Å². The van der Waals surface area contributed by atoms with Gasteiger partial charge in [-0.3, -0.25) is 0 Å². The molecular formula is C15H26N4OS. The van der Waals surface area contributed by atoms with Crippen LogP contribution in [-0.4, -0.2) is 55.0 Å². The minimum absolute atomic E-state index is 0.0824. The molecular weight excluding hydrogens is 284 g/mol. The lowest BCUT2D eigenvalue weighted by Gasteiger charge is -2.41. The van der Waals surface area contributed by atoms with Crippen molar-refractivity contribution in [1.29, 1.82) is 0 Å². The molecule has 118 valence electrons. The second kappa shape index (κ2) is 6.32. The molecule has 1 aliphatic rings. The van der Waals surface area contributed by atoms with Gasteiger partial charge >= 0.3 is 6.03 Å². The van der Waals surface area contributed by atoms with Gasteiger partial charge in [0.2, 0.25) is 0 Å². The molecule has 1 aromatic rings. The molecule has 1 saturated heterocycles. The van der Waals surface area contributed by atoms with Crippen molar-refractivity contribution in [2.24, 2.45) is 0 Å². The Bertz CT molecular complexity index is 490. The zero-order valence-corrected chi connectivity index (χ0v) is 14.5. The van der Waals surface area contributed by atoms with Gasteiger partial charge in [0.15, 0.2) is 0 Å². The molecule has 1 aromatic heterocycles. The summed E-state index contributed by atoms with van der Waals surface area (Å²) < 4.78 is 0. The average Bonchev–Trinajstić information content (AvgIpc) is 2.97. The van der Waals surface area contributed by atoms with E-state index < -0.39 is 0 Å². The molecule has 2 rings (SSSR count). The number of hydrogen-bond donors (Lipinski definition) is 1. The smallest absolute Gasteiger partial charge is 0.319 e. The Morgan fingerprint density at radius 3 is 2.48 bits per heavy atom. The molecule has 1 fully saturated rings. The van der Waals surface area contributed by atoms with E-state index in [-0.39, 0.29) is 11.6 Å². The molecule has 0 bridgehead atoms. The number of amides is 2. The van der Waals surface area contributed by atoms with Gasteiger partial charge in [-0.1, -0.05) is 13.8 Å².